The molecule has 0 spiro atoms. The summed E-state index contributed by atoms with van der Waals surface area (Å²) in [6.07, 6.45) is 4.02. The molecule has 1 saturated heterocycles. The number of Topliss-reactive ketones (excluding diaryl/α,β-unsaturated/α-hetero) is 1. The Morgan fingerprint density at radius 2 is 1.80 bits per heavy atom. The highest BCUT2D eigenvalue weighted by Gasteiger charge is 2.37. The van der Waals surface area contributed by atoms with E-state index in [9.17, 15) is 13.6 Å². The van der Waals surface area contributed by atoms with E-state index in [-0.39, 0.29) is 22.6 Å². The lowest BCUT2D eigenvalue weighted by Crippen LogP contribution is -2.45. The van der Waals surface area contributed by atoms with Gasteiger partial charge in [0, 0.05) is 19.1 Å². The van der Waals surface area contributed by atoms with Gasteiger partial charge in [0.25, 0.3) is 0 Å². The van der Waals surface area contributed by atoms with E-state index in [1.807, 2.05) is 12.1 Å². The molecule has 0 amide bonds. The normalized spacial score (nSPS) is 19.1. The highest BCUT2D eigenvalue weighted by atomic mass is 19.1. The van der Waals surface area contributed by atoms with Gasteiger partial charge in [-0.3, -0.25) is 9.69 Å². The van der Waals surface area contributed by atoms with Crippen LogP contribution in [-0.2, 0) is 16.7 Å². The van der Waals surface area contributed by atoms with Crippen LogP contribution < -0.4 is 0 Å². The zero-order chi connectivity index (χ0) is 21.3. The SMILES string of the molecule is COCC1(c2ccc(F)cc2)CCN(Cc2cc(F)c(C(C)=O)cc2C2CC2)CC1. The van der Waals surface area contributed by atoms with Gasteiger partial charge in [-0.2, -0.15) is 0 Å². The van der Waals surface area contributed by atoms with E-state index in [0.29, 0.717) is 19.1 Å². The Balaban J connectivity index is 1.51. The number of nitrogens with zero attached hydrogens (tertiary/aromatic N) is 1. The highest BCUT2D eigenvalue weighted by molar-refractivity contribution is 5.94. The van der Waals surface area contributed by atoms with Gasteiger partial charge >= 0.3 is 0 Å². The van der Waals surface area contributed by atoms with E-state index < -0.39 is 5.82 Å². The molecule has 5 heteroatoms. The fourth-order valence-corrected chi connectivity index (χ4v) is 4.79. The smallest absolute Gasteiger partial charge is 0.162 e. The summed E-state index contributed by atoms with van der Waals surface area (Å²) in [5, 5.41) is 0. The minimum atomic E-state index is -0.418. The number of benzene rings is 2. The molecule has 3 nitrogen and oxygen atoms in total. The molecular formula is C25H29F2NO2. The fraction of sp³-hybridized carbons (Fsp3) is 0.480. The molecule has 4 rings (SSSR count). The maximum absolute atomic E-state index is 14.5. The van der Waals surface area contributed by atoms with Gasteiger partial charge in [-0.1, -0.05) is 12.1 Å². The lowest BCUT2D eigenvalue weighted by molar-refractivity contribution is 0.0700. The lowest BCUT2D eigenvalue weighted by atomic mass is 9.73. The number of halogens is 2. The van der Waals surface area contributed by atoms with Gasteiger partial charge in [0.15, 0.2) is 5.78 Å². The van der Waals surface area contributed by atoms with Crippen molar-refractivity contribution in [3.8, 4) is 0 Å². The van der Waals surface area contributed by atoms with Crippen molar-refractivity contribution < 1.29 is 18.3 Å². The lowest BCUT2D eigenvalue weighted by Gasteiger charge is -2.42. The predicted octanol–water partition coefficient (Wildman–Crippen LogP) is 5.23. The van der Waals surface area contributed by atoms with Gasteiger partial charge in [-0.05, 0) is 92.6 Å². The Hall–Kier alpha value is -2.11. The molecular weight excluding hydrogens is 384 g/mol. The van der Waals surface area contributed by atoms with E-state index in [1.54, 1.807) is 19.2 Å². The Labute approximate surface area is 177 Å². The molecule has 1 aliphatic heterocycles. The van der Waals surface area contributed by atoms with Crippen molar-refractivity contribution >= 4 is 5.78 Å². The molecule has 0 bridgehead atoms. The first kappa shape index (κ1) is 21.1. The molecule has 0 aromatic heterocycles. The molecule has 1 aliphatic carbocycles. The molecule has 2 aromatic rings. The molecule has 30 heavy (non-hydrogen) atoms. The number of hydrogen-bond donors (Lipinski definition) is 0. The molecule has 2 aromatic carbocycles. The van der Waals surface area contributed by atoms with Gasteiger partial charge in [-0.15, -0.1) is 0 Å². The third-order valence-corrected chi connectivity index (χ3v) is 6.71. The van der Waals surface area contributed by atoms with E-state index >= 15 is 0 Å². The number of likely N-dealkylation sites (tertiary alicyclic amines) is 1. The number of ether oxygens (including phenoxy) is 1. The standard InChI is InChI=1S/C25H29F2NO2/c1-17(29)22-14-23(18-3-4-18)19(13-24(22)27)15-28-11-9-25(10-12-28,16-30-2)20-5-7-21(26)8-6-20/h5-8,13-14,18H,3-4,9-12,15-16H2,1-2H3. The number of carbonyl (C=O) groups is 1. The van der Waals surface area contributed by atoms with Crippen LogP contribution in [0.2, 0.25) is 0 Å². The van der Waals surface area contributed by atoms with E-state index in [2.05, 4.69) is 4.90 Å². The van der Waals surface area contributed by atoms with Crippen LogP contribution in [0.25, 0.3) is 0 Å². The zero-order valence-corrected chi connectivity index (χ0v) is 17.7. The molecule has 1 heterocycles. The van der Waals surface area contributed by atoms with E-state index in [0.717, 1.165) is 55.5 Å². The second-order valence-electron chi connectivity index (χ2n) is 8.86. The fourth-order valence-electron chi connectivity index (χ4n) is 4.79. The number of hydrogen-bond acceptors (Lipinski definition) is 3. The van der Waals surface area contributed by atoms with Crippen molar-refractivity contribution in [2.45, 2.75) is 50.5 Å². The van der Waals surface area contributed by atoms with Gasteiger partial charge in [-0.25, -0.2) is 8.78 Å². The topological polar surface area (TPSA) is 29.5 Å². The molecule has 1 saturated carbocycles. The zero-order valence-electron chi connectivity index (χ0n) is 17.7. The highest BCUT2D eigenvalue weighted by Crippen LogP contribution is 2.43. The molecule has 0 radical (unpaired) electrons. The average molecular weight is 414 g/mol. The second-order valence-corrected chi connectivity index (χ2v) is 8.86. The Morgan fingerprint density at radius 3 is 2.37 bits per heavy atom. The van der Waals surface area contributed by atoms with Crippen LogP contribution in [0, 0.1) is 11.6 Å². The molecule has 0 unspecified atom stereocenters. The molecule has 160 valence electrons. The van der Waals surface area contributed by atoms with Crippen molar-refractivity contribution in [1.29, 1.82) is 0 Å². The van der Waals surface area contributed by atoms with Gasteiger partial charge in [0.05, 0.1) is 12.2 Å². The van der Waals surface area contributed by atoms with Crippen molar-refractivity contribution in [1.82, 2.24) is 4.90 Å². The van der Waals surface area contributed by atoms with Crippen LogP contribution in [0.3, 0.4) is 0 Å². The van der Waals surface area contributed by atoms with E-state index in [1.165, 1.54) is 19.1 Å². The number of ketones is 1. The third-order valence-electron chi connectivity index (χ3n) is 6.71. The summed E-state index contributed by atoms with van der Waals surface area (Å²) in [5.41, 5.74) is 3.33. The number of methoxy groups -OCH3 is 1. The monoisotopic (exact) mass is 413 g/mol. The van der Waals surface area contributed by atoms with Gasteiger partial charge < -0.3 is 4.74 Å². The molecule has 0 N–H and O–H groups in total. The van der Waals surface area contributed by atoms with Gasteiger partial charge in [0.2, 0.25) is 0 Å². The quantitative estimate of drug-likeness (QED) is 0.583. The maximum Gasteiger partial charge on any atom is 0.162 e. The Kier molecular flexibility index (Phi) is 6.03. The van der Waals surface area contributed by atoms with Gasteiger partial charge in [0.1, 0.15) is 11.6 Å². The van der Waals surface area contributed by atoms with Crippen molar-refractivity contribution in [2.75, 3.05) is 26.8 Å². The largest absolute Gasteiger partial charge is 0.384 e. The predicted molar refractivity (Wildman–Crippen MR) is 113 cm³/mol. The van der Waals surface area contributed by atoms with Crippen LogP contribution in [0.15, 0.2) is 36.4 Å². The van der Waals surface area contributed by atoms with Crippen LogP contribution in [0.4, 0.5) is 8.78 Å². The van der Waals surface area contributed by atoms with E-state index in [4.69, 9.17) is 4.74 Å². The summed E-state index contributed by atoms with van der Waals surface area (Å²) in [6, 6.07) is 10.1. The van der Waals surface area contributed by atoms with Crippen molar-refractivity contribution in [2.24, 2.45) is 0 Å². The van der Waals surface area contributed by atoms with Crippen molar-refractivity contribution in [3.63, 3.8) is 0 Å². The van der Waals surface area contributed by atoms with Crippen LogP contribution in [-0.4, -0.2) is 37.5 Å². The molecule has 0 atom stereocenters. The average Bonchev–Trinajstić information content (AvgIpc) is 3.55. The molecule has 2 aliphatic rings. The number of piperidine rings is 1. The number of rotatable bonds is 7. The first-order valence-electron chi connectivity index (χ1n) is 10.7. The summed E-state index contributed by atoms with van der Waals surface area (Å²) < 4.78 is 33.4. The number of carbonyl (C=O) groups excluding carboxylic acids is 1. The van der Waals surface area contributed by atoms with Crippen molar-refractivity contribution in [3.05, 3.63) is 70.3 Å². The summed E-state index contributed by atoms with van der Waals surface area (Å²) in [6.45, 7) is 4.43. The third kappa shape index (κ3) is 4.33. The van der Waals surface area contributed by atoms with Crippen LogP contribution in [0.5, 0.6) is 0 Å². The Bertz CT molecular complexity index is 913. The van der Waals surface area contributed by atoms with Crippen LogP contribution in [0.1, 0.15) is 65.6 Å². The molecule has 2 fully saturated rings. The first-order valence-corrected chi connectivity index (χ1v) is 10.7. The summed E-state index contributed by atoms with van der Waals surface area (Å²) in [7, 11) is 1.71. The summed E-state index contributed by atoms with van der Waals surface area (Å²) in [4.78, 5) is 14.1. The summed E-state index contributed by atoms with van der Waals surface area (Å²) >= 11 is 0. The minimum Gasteiger partial charge on any atom is -0.384 e. The second kappa shape index (κ2) is 8.56. The van der Waals surface area contributed by atoms with Crippen LogP contribution >= 0.6 is 0 Å². The first-order chi connectivity index (χ1) is 14.4. The Morgan fingerprint density at radius 1 is 1.13 bits per heavy atom. The maximum atomic E-state index is 14.5. The summed E-state index contributed by atoms with van der Waals surface area (Å²) in [5.74, 6) is -0.413. The minimum absolute atomic E-state index is 0.123.